The first-order valence-corrected chi connectivity index (χ1v) is 18.9. The van der Waals surface area contributed by atoms with Crippen LogP contribution in [-0.4, -0.2) is 92.1 Å². The number of nitrogens with one attached hydrogen (secondary N) is 6. The Kier molecular flexibility index (Phi) is 14.5. The summed E-state index contributed by atoms with van der Waals surface area (Å²) in [6.45, 7) is 5.29. The molecule has 0 aliphatic heterocycles. The van der Waals surface area contributed by atoms with Gasteiger partial charge < -0.3 is 46.0 Å². The van der Waals surface area contributed by atoms with Crippen LogP contribution in [0.3, 0.4) is 0 Å². The minimum absolute atomic E-state index is 0.0993. The van der Waals surface area contributed by atoms with Crippen LogP contribution in [0.15, 0.2) is 58.6 Å². The third-order valence-corrected chi connectivity index (χ3v) is 10.2. The van der Waals surface area contributed by atoms with E-state index in [9.17, 15) is 32.4 Å². The van der Waals surface area contributed by atoms with Crippen molar-refractivity contribution < 1.29 is 37.1 Å². The summed E-state index contributed by atoms with van der Waals surface area (Å²) in [5.74, 6) is -1.33. The Morgan fingerprint density at radius 2 is 1.75 bits per heavy atom. The van der Waals surface area contributed by atoms with E-state index in [1.54, 1.807) is 56.9 Å². The average Bonchev–Trinajstić information content (AvgIpc) is 3.67. The standard InChI is InChI=1S/C36H47N9O9S/c1-21-15-25(54-14-6-7-30(46)38-10-11-39-33(48)23(3)37)16-22(2)32(21)55(51,52)44-28(35(50)53-5)19-42-34(49)27-20-45(4)29-17-24(8-9-26(29)31(27)47)18-43-36-40-12-13-41-36/h8-9,12-13,15-17,20,23,28,44H,6-7,10-11,14,18-19,37H2,1-5H3,(H,38,46)(H,39,48)(H,42,49)(H2,40,41,43)/t23-,28-/m0/s1. The summed E-state index contributed by atoms with van der Waals surface area (Å²) in [7, 11) is -1.58. The Morgan fingerprint density at radius 1 is 1.04 bits per heavy atom. The number of nitrogens with two attached hydrogens (primary N) is 1. The van der Waals surface area contributed by atoms with Crippen molar-refractivity contribution >= 4 is 50.6 Å². The molecule has 2 atom stereocenters. The highest BCUT2D eigenvalue weighted by molar-refractivity contribution is 7.89. The second-order valence-corrected chi connectivity index (χ2v) is 14.5. The number of imidazole rings is 1. The molecule has 296 valence electrons. The Balaban J connectivity index is 1.36. The molecule has 0 radical (unpaired) electrons. The number of rotatable bonds is 19. The van der Waals surface area contributed by atoms with E-state index in [1.807, 2.05) is 6.07 Å². The van der Waals surface area contributed by atoms with Crippen LogP contribution in [0.1, 0.15) is 46.8 Å². The molecular weight excluding hydrogens is 735 g/mol. The van der Waals surface area contributed by atoms with E-state index in [2.05, 4.69) is 36.0 Å². The number of methoxy groups -OCH3 is 1. The van der Waals surface area contributed by atoms with Gasteiger partial charge in [-0.2, -0.15) is 4.72 Å². The average molecular weight is 782 g/mol. The highest BCUT2D eigenvalue weighted by Gasteiger charge is 2.30. The van der Waals surface area contributed by atoms with Crippen molar-refractivity contribution in [1.29, 1.82) is 0 Å². The lowest BCUT2D eigenvalue weighted by molar-refractivity contribution is -0.142. The molecule has 0 fully saturated rings. The molecule has 2 aromatic heterocycles. The van der Waals surface area contributed by atoms with E-state index in [4.69, 9.17) is 15.2 Å². The summed E-state index contributed by atoms with van der Waals surface area (Å²) in [5.41, 5.74) is 6.83. The predicted molar refractivity (Wildman–Crippen MR) is 204 cm³/mol. The molecule has 3 amide bonds. The van der Waals surface area contributed by atoms with Crippen LogP contribution in [0.25, 0.3) is 10.9 Å². The number of H-pyrrole nitrogens is 1. The SMILES string of the molecule is COC(=O)[C@H](CNC(=O)c1cn(C)c2cc(CNc3ncc[nH]3)ccc2c1=O)NS(=O)(=O)c1c(C)cc(OCCCC(=O)NCCNC(=O)[C@H](C)N)cc1C. The highest BCUT2D eigenvalue weighted by Crippen LogP contribution is 2.26. The minimum Gasteiger partial charge on any atom is -0.494 e. The topological polar surface area (TPSA) is 258 Å². The number of benzene rings is 2. The molecule has 4 aromatic rings. The third-order valence-electron chi connectivity index (χ3n) is 8.39. The Morgan fingerprint density at radius 3 is 2.40 bits per heavy atom. The van der Waals surface area contributed by atoms with Crippen molar-refractivity contribution in [2.75, 3.05) is 38.7 Å². The number of hydrogen-bond donors (Lipinski definition) is 7. The molecule has 8 N–H and O–H groups in total. The lowest BCUT2D eigenvalue weighted by atomic mass is 10.1. The first-order valence-electron chi connectivity index (χ1n) is 17.4. The van der Waals surface area contributed by atoms with Crippen LogP contribution in [0, 0.1) is 13.8 Å². The van der Waals surface area contributed by atoms with E-state index in [1.165, 1.54) is 18.3 Å². The highest BCUT2D eigenvalue weighted by atomic mass is 32.2. The number of aryl methyl sites for hydroxylation is 3. The van der Waals surface area contributed by atoms with Crippen molar-refractivity contribution in [1.82, 2.24) is 35.2 Å². The number of hydrogen-bond acceptors (Lipinski definition) is 12. The molecular formula is C36H47N9O9S. The normalized spacial score (nSPS) is 12.4. The van der Waals surface area contributed by atoms with E-state index >= 15 is 0 Å². The Bertz CT molecular complexity index is 2160. The summed E-state index contributed by atoms with van der Waals surface area (Å²) in [6, 6.07) is 6.06. The lowest BCUT2D eigenvalue weighted by Gasteiger charge is -2.20. The Hall–Kier alpha value is -5.79. The number of aromatic amines is 1. The number of anilines is 1. The number of carbonyl (C=O) groups is 4. The monoisotopic (exact) mass is 781 g/mol. The summed E-state index contributed by atoms with van der Waals surface area (Å²) in [4.78, 5) is 69.9. The van der Waals surface area contributed by atoms with Crippen LogP contribution in [0.5, 0.6) is 5.75 Å². The molecule has 0 spiro atoms. The zero-order valence-electron chi connectivity index (χ0n) is 31.3. The van der Waals surface area contributed by atoms with Gasteiger partial charge in [0.15, 0.2) is 5.95 Å². The molecule has 0 saturated carbocycles. The minimum atomic E-state index is -4.35. The number of sulfonamides is 1. The predicted octanol–water partition coefficient (Wildman–Crippen LogP) is 0.479. The number of carbonyl (C=O) groups excluding carboxylic acids is 4. The quantitative estimate of drug-likeness (QED) is 0.0507. The number of amides is 3. The largest absolute Gasteiger partial charge is 0.494 e. The number of esters is 1. The second-order valence-electron chi connectivity index (χ2n) is 12.8. The molecule has 0 aliphatic carbocycles. The van der Waals surface area contributed by atoms with Gasteiger partial charge in [-0.1, -0.05) is 6.07 Å². The smallest absolute Gasteiger partial charge is 0.325 e. The molecule has 0 aliphatic rings. The third kappa shape index (κ3) is 11.4. The number of nitrogens with zero attached hydrogens (tertiary/aromatic N) is 2. The molecule has 2 aromatic carbocycles. The number of ether oxygens (including phenoxy) is 2. The van der Waals surface area contributed by atoms with Crippen LogP contribution in [-0.2, 0) is 42.7 Å². The summed E-state index contributed by atoms with van der Waals surface area (Å²) >= 11 is 0. The van der Waals surface area contributed by atoms with Crippen LogP contribution in [0.4, 0.5) is 5.95 Å². The van der Waals surface area contributed by atoms with Gasteiger partial charge in [0.2, 0.25) is 27.3 Å². The van der Waals surface area contributed by atoms with Crippen molar-refractivity contribution in [2.24, 2.45) is 12.8 Å². The summed E-state index contributed by atoms with van der Waals surface area (Å²) in [6.07, 6.45) is 5.23. The number of aromatic nitrogens is 3. The van der Waals surface area contributed by atoms with E-state index in [0.29, 0.717) is 46.7 Å². The van der Waals surface area contributed by atoms with Crippen LogP contribution in [0.2, 0.25) is 0 Å². The Labute approximate surface area is 318 Å². The van der Waals surface area contributed by atoms with Gasteiger partial charge in [0.1, 0.15) is 17.4 Å². The van der Waals surface area contributed by atoms with Crippen molar-refractivity contribution in [3.05, 3.63) is 81.4 Å². The van der Waals surface area contributed by atoms with Gasteiger partial charge in [0.25, 0.3) is 5.91 Å². The van der Waals surface area contributed by atoms with Gasteiger partial charge >= 0.3 is 5.97 Å². The summed E-state index contributed by atoms with van der Waals surface area (Å²) < 4.78 is 41.8. The number of pyridine rings is 1. The molecule has 19 heteroatoms. The van der Waals surface area contributed by atoms with Gasteiger partial charge in [0, 0.05) is 63.6 Å². The lowest BCUT2D eigenvalue weighted by Crippen LogP contribution is -2.49. The van der Waals surface area contributed by atoms with Gasteiger partial charge in [-0.3, -0.25) is 24.0 Å². The van der Waals surface area contributed by atoms with Gasteiger partial charge in [-0.15, -0.1) is 0 Å². The molecule has 2 heterocycles. The maximum Gasteiger partial charge on any atom is 0.325 e. The van der Waals surface area contributed by atoms with Gasteiger partial charge in [-0.25, -0.2) is 13.4 Å². The fourth-order valence-corrected chi connectivity index (χ4v) is 7.31. The maximum absolute atomic E-state index is 13.6. The first kappa shape index (κ1) is 42.0. The van der Waals surface area contributed by atoms with Gasteiger partial charge in [-0.05, 0) is 68.1 Å². The number of fused-ring (bicyclic) bond motifs is 1. The fraction of sp³-hybridized carbons (Fsp3) is 0.389. The van der Waals surface area contributed by atoms with E-state index in [-0.39, 0.29) is 48.4 Å². The first-order chi connectivity index (χ1) is 26.1. The molecule has 0 saturated heterocycles. The van der Waals surface area contributed by atoms with E-state index < -0.39 is 46.0 Å². The van der Waals surface area contributed by atoms with Crippen molar-refractivity contribution in [2.45, 2.75) is 57.1 Å². The van der Waals surface area contributed by atoms with Crippen molar-refractivity contribution in [3.8, 4) is 5.75 Å². The van der Waals surface area contributed by atoms with Crippen LogP contribution >= 0.6 is 0 Å². The zero-order valence-corrected chi connectivity index (χ0v) is 32.1. The second kappa shape index (κ2) is 19.0. The van der Waals surface area contributed by atoms with Gasteiger partial charge in [0.05, 0.1) is 30.2 Å². The molecule has 4 rings (SSSR count). The van der Waals surface area contributed by atoms with Crippen LogP contribution < -0.4 is 41.9 Å². The maximum atomic E-state index is 13.6. The molecule has 0 bridgehead atoms. The summed E-state index contributed by atoms with van der Waals surface area (Å²) in [5, 5.41) is 11.2. The molecule has 0 unspecified atom stereocenters. The van der Waals surface area contributed by atoms with Crippen molar-refractivity contribution in [3.63, 3.8) is 0 Å². The fourth-order valence-electron chi connectivity index (χ4n) is 5.68. The molecule has 18 nitrogen and oxygen atoms in total. The van der Waals surface area contributed by atoms with E-state index in [0.717, 1.165) is 12.7 Å². The zero-order chi connectivity index (χ0) is 40.3. The molecule has 55 heavy (non-hydrogen) atoms.